The average molecular weight is 277 g/mol. The fourth-order valence-corrected chi connectivity index (χ4v) is 2.01. The minimum absolute atomic E-state index is 0.0765. The topological polar surface area (TPSA) is 55.2 Å². The molecule has 0 saturated carbocycles. The molecule has 0 unspecified atom stereocenters. The maximum Gasteiger partial charge on any atom is 0.292 e. The van der Waals surface area contributed by atoms with E-state index in [1.54, 1.807) is 18.2 Å². The third-order valence-corrected chi connectivity index (χ3v) is 2.96. The number of nitrogens with zero attached hydrogens (tertiary/aromatic N) is 1. The molecule has 1 N–H and O–H groups in total. The van der Waals surface area contributed by atoms with Crippen LogP contribution in [0.4, 0.5) is 11.4 Å². The molecule has 0 saturated heterocycles. The summed E-state index contributed by atoms with van der Waals surface area (Å²) >= 11 is 5.90. The van der Waals surface area contributed by atoms with Crippen LogP contribution in [0.5, 0.6) is 0 Å². The second-order valence-electron chi connectivity index (χ2n) is 4.26. The average Bonchev–Trinajstić information content (AvgIpc) is 2.36. The Hall–Kier alpha value is -2.07. The van der Waals surface area contributed by atoms with Crippen LogP contribution in [0.25, 0.3) is 0 Å². The molecular formula is C14H13ClN2O2. The molecule has 0 fully saturated rings. The maximum atomic E-state index is 10.9. The van der Waals surface area contributed by atoms with Gasteiger partial charge in [-0.1, -0.05) is 29.8 Å². The molecule has 19 heavy (non-hydrogen) atoms. The van der Waals surface area contributed by atoms with Gasteiger partial charge in [0.1, 0.15) is 5.69 Å². The van der Waals surface area contributed by atoms with Crippen LogP contribution in [-0.2, 0) is 6.54 Å². The molecule has 0 heterocycles. The molecule has 0 aliphatic carbocycles. The molecule has 2 aromatic carbocycles. The molecule has 98 valence electrons. The summed E-state index contributed by atoms with van der Waals surface area (Å²) in [4.78, 5) is 10.6. The Morgan fingerprint density at radius 2 is 2.05 bits per heavy atom. The van der Waals surface area contributed by atoms with Gasteiger partial charge in [0.15, 0.2) is 0 Å². The van der Waals surface area contributed by atoms with Crippen LogP contribution in [-0.4, -0.2) is 4.92 Å². The molecule has 0 aliphatic rings. The van der Waals surface area contributed by atoms with E-state index in [1.165, 1.54) is 6.07 Å². The van der Waals surface area contributed by atoms with Gasteiger partial charge in [0.2, 0.25) is 0 Å². The highest BCUT2D eigenvalue weighted by Crippen LogP contribution is 2.25. The molecular weight excluding hydrogens is 264 g/mol. The number of nitro benzene ring substituents is 1. The van der Waals surface area contributed by atoms with E-state index in [2.05, 4.69) is 5.32 Å². The van der Waals surface area contributed by atoms with Crippen molar-refractivity contribution >= 4 is 23.0 Å². The fraction of sp³-hybridized carbons (Fsp3) is 0.143. The van der Waals surface area contributed by atoms with Crippen LogP contribution in [0.2, 0.25) is 5.02 Å². The summed E-state index contributed by atoms with van der Waals surface area (Å²) in [5.74, 6) is 0. The zero-order valence-corrected chi connectivity index (χ0v) is 11.1. The molecule has 0 atom stereocenters. The van der Waals surface area contributed by atoms with E-state index in [1.807, 2.05) is 25.1 Å². The fourth-order valence-electron chi connectivity index (χ4n) is 1.79. The van der Waals surface area contributed by atoms with E-state index >= 15 is 0 Å². The standard InChI is InChI=1S/C14H13ClN2O2/c1-10-5-6-14(17(18)19)13(7-10)16-9-11-3-2-4-12(15)8-11/h2-8,16H,9H2,1H3. The number of aryl methyl sites for hydroxylation is 1. The van der Waals surface area contributed by atoms with Gasteiger partial charge in [0.05, 0.1) is 4.92 Å². The molecule has 0 bridgehead atoms. The first kappa shape index (κ1) is 13.4. The molecule has 0 aromatic heterocycles. The highest BCUT2D eigenvalue weighted by molar-refractivity contribution is 6.30. The minimum Gasteiger partial charge on any atom is -0.375 e. The van der Waals surface area contributed by atoms with Gasteiger partial charge < -0.3 is 5.32 Å². The summed E-state index contributed by atoms with van der Waals surface area (Å²) in [6, 6.07) is 12.4. The van der Waals surface area contributed by atoms with Crippen LogP contribution < -0.4 is 5.32 Å². The van der Waals surface area contributed by atoms with Crippen molar-refractivity contribution in [2.75, 3.05) is 5.32 Å². The number of hydrogen-bond donors (Lipinski definition) is 1. The summed E-state index contributed by atoms with van der Waals surface area (Å²) in [7, 11) is 0. The summed E-state index contributed by atoms with van der Waals surface area (Å²) in [6.07, 6.45) is 0. The van der Waals surface area contributed by atoms with Gasteiger partial charge >= 0.3 is 0 Å². The highest BCUT2D eigenvalue weighted by atomic mass is 35.5. The number of hydrogen-bond acceptors (Lipinski definition) is 3. The second-order valence-corrected chi connectivity index (χ2v) is 4.70. The molecule has 4 nitrogen and oxygen atoms in total. The van der Waals surface area contributed by atoms with E-state index in [4.69, 9.17) is 11.6 Å². The van der Waals surface area contributed by atoms with Gasteiger partial charge in [0, 0.05) is 17.6 Å². The number of anilines is 1. The van der Waals surface area contributed by atoms with Crippen LogP contribution in [0.1, 0.15) is 11.1 Å². The summed E-state index contributed by atoms with van der Waals surface area (Å²) in [5, 5.41) is 14.7. The number of nitrogens with one attached hydrogen (secondary N) is 1. The van der Waals surface area contributed by atoms with Gasteiger partial charge in [-0.05, 0) is 36.2 Å². The van der Waals surface area contributed by atoms with Crippen molar-refractivity contribution in [3.05, 3.63) is 68.7 Å². The van der Waals surface area contributed by atoms with Crippen LogP contribution in [0.3, 0.4) is 0 Å². The van der Waals surface area contributed by atoms with Crippen molar-refractivity contribution in [3.8, 4) is 0 Å². The summed E-state index contributed by atoms with van der Waals surface area (Å²) in [6.45, 7) is 2.39. The van der Waals surface area contributed by atoms with Crippen molar-refractivity contribution in [1.29, 1.82) is 0 Å². The van der Waals surface area contributed by atoms with Crippen molar-refractivity contribution < 1.29 is 4.92 Å². The van der Waals surface area contributed by atoms with Crippen LogP contribution in [0, 0.1) is 17.0 Å². The maximum absolute atomic E-state index is 10.9. The lowest BCUT2D eigenvalue weighted by Gasteiger charge is -2.08. The summed E-state index contributed by atoms with van der Waals surface area (Å²) < 4.78 is 0. The number of halogens is 1. The normalized spacial score (nSPS) is 10.2. The number of benzene rings is 2. The molecule has 2 rings (SSSR count). The zero-order valence-electron chi connectivity index (χ0n) is 10.4. The monoisotopic (exact) mass is 276 g/mol. The first-order valence-corrected chi connectivity index (χ1v) is 6.17. The third-order valence-electron chi connectivity index (χ3n) is 2.72. The van der Waals surface area contributed by atoms with E-state index in [0.29, 0.717) is 17.3 Å². The van der Waals surface area contributed by atoms with Gasteiger partial charge in [-0.2, -0.15) is 0 Å². The van der Waals surface area contributed by atoms with Crippen molar-refractivity contribution in [3.63, 3.8) is 0 Å². The minimum atomic E-state index is -0.389. The highest BCUT2D eigenvalue weighted by Gasteiger charge is 2.12. The SMILES string of the molecule is Cc1ccc([N+](=O)[O-])c(NCc2cccc(Cl)c2)c1. The zero-order chi connectivity index (χ0) is 13.8. The van der Waals surface area contributed by atoms with Gasteiger partial charge in [-0.3, -0.25) is 10.1 Å². The van der Waals surface area contributed by atoms with E-state index < -0.39 is 0 Å². The quantitative estimate of drug-likeness (QED) is 0.673. The predicted molar refractivity (Wildman–Crippen MR) is 76.6 cm³/mol. The molecule has 0 spiro atoms. The van der Waals surface area contributed by atoms with E-state index in [9.17, 15) is 10.1 Å². The Morgan fingerprint density at radius 1 is 1.26 bits per heavy atom. The Bertz CT molecular complexity index is 614. The lowest BCUT2D eigenvalue weighted by Crippen LogP contribution is -2.03. The molecule has 0 amide bonds. The largest absolute Gasteiger partial charge is 0.375 e. The second kappa shape index (κ2) is 5.71. The van der Waals surface area contributed by atoms with Crippen LogP contribution in [0.15, 0.2) is 42.5 Å². The Labute approximate surface area is 116 Å². The smallest absolute Gasteiger partial charge is 0.292 e. The lowest BCUT2D eigenvalue weighted by molar-refractivity contribution is -0.384. The van der Waals surface area contributed by atoms with Gasteiger partial charge in [-0.25, -0.2) is 0 Å². The molecule has 2 aromatic rings. The predicted octanol–water partition coefficient (Wildman–Crippen LogP) is 4.17. The number of nitro groups is 1. The van der Waals surface area contributed by atoms with Crippen molar-refractivity contribution in [2.24, 2.45) is 0 Å². The first-order valence-electron chi connectivity index (χ1n) is 5.79. The third kappa shape index (κ3) is 3.45. The molecule has 5 heteroatoms. The van der Waals surface area contributed by atoms with Crippen molar-refractivity contribution in [1.82, 2.24) is 0 Å². The molecule has 0 aliphatic heterocycles. The Kier molecular flexibility index (Phi) is 4.02. The van der Waals surface area contributed by atoms with Crippen LogP contribution >= 0.6 is 11.6 Å². The number of rotatable bonds is 4. The van der Waals surface area contributed by atoms with Gasteiger partial charge in [0.25, 0.3) is 5.69 Å². The van der Waals surface area contributed by atoms with E-state index in [-0.39, 0.29) is 10.6 Å². The van der Waals surface area contributed by atoms with E-state index in [0.717, 1.165) is 11.1 Å². The molecule has 0 radical (unpaired) electrons. The Balaban J connectivity index is 2.19. The van der Waals surface area contributed by atoms with Crippen molar-refractivity contribution in [2.45, 2.75) is 13.5 Å². The summed E-state index contributed by atoms with van der Waals surface area (Å²) in [5.41, 5.74) is 2.54. The lowest BCUT2D eigenvalue weighted by atomic mass is 10.1. The first-order chi connectivity index (χ1) is 9.06. The van der Waals surface area contributed by atoms with Gasteiger partial charge in [-0.15, -0.1) is 0 Å². The Morgan fingerprint density at radius 3 is 2.74 bits per heavy atom.